The summed E-state index contributed by atoms with van der Waals surface area (Å²) in [5.74, 6) is -0.149. The van der Waals surface area contributed by atoms with Crippen molar-refractivity contribution in [3.8, 4) is 11.5 Å². The number of amides is 1. The minimum atomic E-state index is -5.02. The van der Waals surface area contributed by atoms with E-state index in [2.05, 4.69) is 14.8 Å². The number of alkyl halides is 6. The predicted molar refractivity (Wildman–Crippen MR) is 160 cm³/mol. The first kappa shape index (κ1) is 32.7. The second-order valence-corrected chi connectivity index (χ2v) is 11.7. The molecule has 3 aromatic carbocycles. The lowest BCUT2D eigenvalue weighted by atomic mass is 10.0. The first-order valence-electron chi connectivity index (χ1n) is 13.6. The van der Waals surface area contributed by atoms with Crippen molar-refractivity contribution >= 4 is 40.5 Å². The van der Waals surface area contributed by atoms with Crippen LogP contribution in [0.2, 0.25) is 5.02 Å². The molecule has 2 aliphatic rings. The molecule has 0 radical (unpaired) electrons. The lowest BCUT2D eigenvalue weighted by Gasteiger charge is -2.35. The third kappa shape index (κ3) is 8.13. The van der Waals surface area contributed by atoms with E-state index >= 15 is 0 Å². The summed E-state index contributed by atoms with van der Waals surface area (Å²) < 4.78 is 90.4. The van der Waals surface area contributed by atoms with Crippen LogP contribution < -0.4 is 9.47 Å². The summed E-state index contributed by atoms with van der Waals surface area (Å²) in [6.07, 6.45) is -8.31. The summed E-state index contributed by atoms with van der Waals surface area (Å²) in [5.41, 5.74) is -1.58. The zero-order valence-corrected chi connectivity index (χ0v) is 25.3. The third-order valence-electron chi connectivity index (χ3n) is 7.18. The average Bonchev–Trinajstić information content (AvgIpc) is 3.36. The Hall–Kier alpha value is -3.68. The van der Waals surface area contributed by atoms with Crippen LogP contribution in [0.15, 0.2) is 70.6 Å². The summed E-state index contributed by atoms with van der Waals surface area (Å²) in [6.45, 7) is 3.14. The number of hydrogen-bond acceptors (Lipinski definition) is 6. The van der Waals surface area contributed by atoms with E-state index < -0.39 is 35.6 Å². The van der Waals surface area contributed by atoms with Gasteiger partial charge in [0.25, 0.3) is 5.91 Å². The van der Waals surface area contributed by atoms with Gasteiger partial charge in [-0.05, 0) is 65.4 Å². The van der Waals surface area contributed by atoms with Crippen molar-refractivity contribution in [2.24, 2.45) is 4.99 Å². The summed E-state index contributed by atoms with van der Waals surface area (Å²) >= 11 is 7.23. The fourth-order valence-corrected chi connectivity index (χ4v) is 5.91. The fourth-order valence-electron chi connectivity index (χ4n) is 4.82. The monoisotopic (exact) mass is 669 g/mol. The Labute approximate surface area is 264 Å². The van der Waals surface area contributed by atoms with Crippen LogP contribution in [-0.4, -0.2) is 54.2 Å². The molecule has 45 heavy (non-hydrogen) atoms. The molecule has 0 atom stereocenters. The molecule has 0 spiro atoms. The van der Waals surface area contributed by atoms with E-state index in [9.17, 15) is 31.1 Å². The van der Waals surface area contributed by atoms with Crippen molar-refractivity contribution in [1.29, 1.82) is 0 Å². The zero-order chi connectivity index (χ0) is 32.4. The van der Waals surface area contributed by atoms with Crippen LogP contribution >= 0.6 is 23.4 Å². The lowest BCUT2D eigenvalue weighted by Crippen LogP contribution is -2.47. The van der Waals surface area contributed by atoms with E-state index in [0.29, 0.717) is 39.8 Å². The highest BCUT2D eigenvalue weighted by molar-refractivity contribution is 8.18. The molecule has 1 saturated heterocycles. The van der Waals surface area contributed by atoms with E-state index in [4.69, 9.17) is 21.1 Å². The molecule has 3 aromatic rings. The van der Waals surface area contributed by atoms with E-state index in [0.717, 1.165) is 25.7 Å². The Morgan fingerprint density at radius 1 is 0.911 bits per heavy atom. The lowest BCUT2D eigenvalue weighted by molar-refractivity contribution is -0.143. The summed E-state index contributed by atoms with van der Waals surface area (Å²) in [5, 5.41) is 1.30. The fraction of sp³-hybridized carbons (Fsp3) is 0.290. The molecular formula is C31H26ClF6N3O3S. The van der Waals surface area contributed by atoms with Crippen molar-refractivity contribution in [3.63, 3.8) is 0 Å². The Balaban J connectivity index is 1.21. The van der Waals surface area contributed by atoms with Crippen LogP contribution in [0, 0.1) is 0 Å². The molecule has 238 valence electrons. The molecule has 14 heteroatoms. The van der Waals surface area contributed by atoms with Crippen LogP contribution in [0.1, 0.15) is 27.8 Å². The molecule has 2 heterocycles. The van der Waals surface area contributed by atoms with Gasteiger partial charge in [-0.15, -0.1) is 0 Å². The Kier molecular flexibility index (Phi) is 9.71. The SMILES string of the molecule is COc1cc(C=C2SC(N3CCN(Cc4ccc(Cl)cc4)CC3)=NC2=O)ccc1OCc1ccc(C(F)(F)F)cc1C(F)(F)F. The van der Waals surface area contributed by atoms with E-state index in [-0.39, 0.29) is 23.5 Å². The minimum absolute atomic E-state index is 0.0686. The molecule has 0 bridgehead atoms. The van der Waals surface area contributed by atoms with Gasteiger partial charge >= 0.3 is 12.4 Å². The first-order chi connectivity index (χ1) is 21.3. The topological polar surface area (TPSA) is 54.4 Å². The van der Waals surface area contributed by atoms with Gasteiger partial charge in [0, 0.05) is 43.3 Å². The highest BCUT2D eigenvalue weighted by Gasteiger charge is 2.38. The van der Waals surface area contributed by atoms with Crippen LogP contribution in [0.5, 0.6) is 11.5 Å². The van der Waals surface area contributed by atoms with Crippen molar-refractivity contribution in [1.82, 2.24) is 9.80 Å². The van der Waals surface area contributed by atoms with Gasteiger partial charge < -0.3 is 14.4 Å². The maximum atomic E-state index is 13.5. The smallest absolute Gasteiger partial charge is 0.416 e. The number of benzene rings is 3. The molecule has 0 N–H and O–H groups in total. The predicted octanol–water partition coefficient (Wildman–Crippen LogP) is 7.75. The summed E-state index contributed by atoms with van der Waals surface area (Å²) in [6, 6.07) is 13.7. The van der Waals surface area contributed by atoms with Gasteiger partial charge in [0.2, 0.25) is 0 Å². The second kappa shape index (κ2) is 13.4. The number of piperazine rings is 1. The van der Waals surface area contributed by atoms with Gasteiger partial charge in [-0.2, -0.15) is 31.3 Å². The molecule has 2 aliphatic heterocycles. The van der Waals surface area contributed by atoms with E-state index in [1.165, 1.54) is 30.5 Å². The molecule has 5 rings (SSSR count). The Morgan fingerprint density at radius 3 is 2.27 bits per heavy atom. The maximum Gasteiger partial charge on any atom is 0.416 e. The number of hydrogen-bond donors (Lipinski definition) is 0. The standard InChI is InChI=1S/C31H26ClF6N3O3S/c1-43-26-14-20(4-9-25(26)44-18-21-5-6-22(30(33,34)35)16-24(21)31(36,37)38)15-27-28(42)39-29(45-27)41-12-10-40(11-13-41)17-19-2-7-23(32)8-3-19/h2-9,14-16H,10-13,17-18H2,1H3. The van der Waals surface area contributed by atoms with E-state index in [1.54, 1.807) is 18.2 Å². The number of amidine groups is 1. The van der Waals surface area contributed by atoms with Gasteiger partial charge in [-0.1, -0.05) is 35.9 Å². The number of ether oxygens (including phenoxy) is 2. The van der Waals surface area contributed by atoms with Crippen LogP contribution in [-0.2, 0) is 30.3 Å². The van der Waals surface area contributed by atoms with Gasteiger partial charge in [0.05, 0.1) is 23.1 Å². The highest BCUT2D eigenvalue weighted by atomic mass is 35.5. The largest absolute Gasteiger partial charge is 0.493 e. The van der Waals surface area contributed by atoms with Gasteiger partial charge in [-0.3, -0.25) is 9.69 Å². The van der Waals surface area contributed by atoms with Gasteiger partial charge in [-0.25, -0.2) is 0 Å². The number of carbonyl (C=O) groups excluding carboxylic acids is 1. The van der Waals surface area contributed by atoms with Crippen molar-refractivity contribution < 1.29 is 40.6 Å². The molecule has 0 unspecified atom stereocenters. The molecule has 6 nitrogen and oxygen atoms in total. The maximum absolute atomic E-state index is 13.5. The minimum Gasteiger partial charge on any atom is -0.493 e. The molecule has 0 saturated carbocycles. The first-order valence-corrected chi connectivity index (χ1v) is 14.8. The number of aliphatic imine (C=N–C) groups is 1. The van der Waals surface area contributed by atoms with Crippen LogP contribution in [0.25, 0.3) is 6.08 Å². The van der Waals surface area contributed by atoms with E-state index in [1.807, 2.05) is 24.3 Å². The van der Waals surface area contributed by atoms with Crippen LogP contribution in [0.3, 0.4) is 0 Å². The van der Waals surface area contributed by atoms with Crippen molar-refractivity contribution in [3.05, 3.63) is 98.4 Å². The number of carbonyl (C=O) groups is 1. The van der Waals surface area contributed by atoms with Gasteiger partial charge in [0.15, 0.2) is 16.7 Å². The van der Waals surface area contributed by atoms with Crippen LogP contribution in [0.4, 0.5) is 26.3 Å². The second-order valence-electron chi connectivity index (χ2n) is 10.3. The third-order valence-corrected chi connectivity index (χ3v) is 8.48. The highest BCUT2D eigenvalue weighted by Crippen LogP contribution is 2.39. The molecule has 1 amide bonds. The summed E-state index contributed by atoms with van der Waals surface area (Å²) in [7, 11) is 1.33. The van der Waals surface area contributed by atoms with Gasteiger partial charge in [0.1, 0.15) is 6.61 Å². The number of rotatable bonds is 7. The number of methoxy groups -OCH3 is 1. The quantitative estimate of drug-likeness (QED) is 0.189. The number of halogens is 7. The summed E-state index contributed by atoms with van der Waals surface area (Å²) in [4.78, 5) is 21.7. The molecule has 0 aromatic heterocycles. The Morgan fingerprint density at radius 2 is 1.62 bits per heavy atom. The number of nitrogens with zero attached hydrogens (tertiary/aromatic N) is 3. The van der Waals surface area contributed by atoms with Crippen molar-refractivity contribution in [2.45, 2.75) is 25.5 Å². The normalized spacial score (nSPS) is 17.2. The van der Waals surface area contributed by atoms with Crippen molar-refractivity contribution in [2.75, 3.05) is 33.3 Å². The molecule has 1 fully saturated rings. The Bertz CT molecular complexity index is 1620. The molecule has 0 aliphatic carbocycles. The number of thioether (sulfide) groups is 1. The average molecular weight is 670 g/mol. The molecular weight excluding hydrogens is 644 g/mol. The zero-order valence-electron chi connectivity index (χ0n) is 23.7.